The molecule has 0 bridgehead atoms. The summed E-state index contributed by atoms with van der Waals surface area (Å²) in [4.78, 5) is 0. The Hall–Kier alpha value is 0.240. The SMILES string of the molecule is C[C@@H](CS(=O)(=O)Cl)C(C)(C)C. The van der Waals surface area contributed by atoms with Crippen molar-refractivity contribution in [1.29, 1.82) is 0 Å². The fraction of sp³-hybridized carbons (Fsp3) is 1.00. The molecule has 0 aromatic carbocycles. The molecule has 68 valence electrons. The fourth-order valence-corrected chi connectivity index (χ4v) is 2.21. The number of rotatable bonds is 2. The number of halogens is 1. The summed E-state index contributed by atoms with van der Waals surface area (Å²) in [7, 11) is 1.77. The summed E-state index contributed by atoms with van der Waals surface area (Å²) in [5.41, 5.74) is 0.00194. The molecule has 0 amide bonds. The molecule has 0 fully saturated rings. The van der Waals surface area contributed by atoms with Crippen LogP contribution in [-0.4, -0.2) is 14.2 Å². The smallest absolute Gasteiger partial charge is 0.212 e. The molecule has 0 aromatic heterocycles. The predicted octanol–water partition coefficient (Wildman–Crippen LogP) is 2.24. The molecule has 0 heterocycles. The quantitative estimate of drug-likeness (QED) is 0.638. The highest BCUT2D eigenvalue weighted by Crippen LogP contribution is 2.27. The van der Waals surface area contributed by atoms with Gasteiger partial charge in [0.2, 0.25) is 9.05 Å². The highest BCUT2D eigenvalue weighted by Gasteiger charge is 2.24. The maximum Gasteiger partial charge on any atom is 0.232 e. The second-order valence-corrected chi connectivity index (χ2v) is 6.79. The maximum atomic E-state index is 10.7. The van der Waals surface area contributed by atoms with Crippen molar-refractivity contribution in [1.82, 2.24) is 0 Å². The molecule has 0 aromatic rings. The number of hydrogen-bond donors (Lipinski definition) is 0. The molecule has 2 nitrogen and oxygen atoms in total. The summed E-state index contributed by atoms with van der Waals surface area (Å²) < 4.78 is 21.3. The molecule has 0 rings (SSSR count). The van der Waals surface area contributed by atoms with E-state index in [0.29, 0.717) is 0 Å². The van der Waals surface area contributed by atoms with Crippen LogP contribution in [-0.2, 0) is 9.05 Å². The minimum atomic E-state index is -3.33. The molecule has 11 heavy (non-hydrogen) atoms. The highest BCUT2D eigenvalue weighted by molar-refractivity contribution is 8.13. The van der Waals surface area contributed by atoms with Gasteiger partial charge in [0.15, 0.2) is 0 Å². The van der Waals surface area contributed by atoms with Gasteiger partial charge in [-0.2, -0.15) is 0 Å². The lowest BCUT2D eigenvalue weighted by Crippen LogP contribution is -2.23. The first-order valence-corrected chi connectivity index (χ1v) is 6.03. The molecular weight excluding hydrogens is 184 g/mol. The lowest BCUT2D eigenvalue weighted by atomic mass is 9.83. The lowest BCUT2D eigenvalue weighted by molar-refractivity contribution is 0.286. The summed E-state index contributed by atoms with van der Waals surface area (Å²) in [6.45, 7) is 7.89. The van der Waals surface area contributed by atoms with Gasteiger partial charge >= 0.3 is 0 Å². The first-order chi connectivity index (χ1) is 4.63. The zero-order valence-corrected chi connectivity index (χ0v) is 8.96. The summed E-state index contributed by atoms with van der Waals surface area (Å²) in [5.74, 6) is 0.142. The van der Waals surface area contributed by atoms with E-state index < -0.39 is 9.05 Å². The van der Waals surface area contributed by atoms with E-state index in [9.17, 15) is 8.42 Å². The van der Waals surface area contributed by atoms with Crippen LogP contribution in [0.2, 0.25) is 0 Å². The topological polar surface area (TPSA) is 34.1 Å². The molecule has 0 N–H and O–H groups in total. The third kappa shape index (κ3) is 5.50. The minimum Gasteiger partial charge on any atom is -0.212 e. The number of hydrogen-bond acceptors (Lipinski definition) is 2. The van der Waals surface area contributed by atoms with E-state index >= 15 is 0 Å². The molecule has 4 heteroatoms. The van der Waals surface area contributed by atoms with E-state index in [4.69, 9.17) is 10.7 Å². The highest BCUT2D eigenvalue weighted by atomic mass is 35.7. The van der Waals surface area contributed by atoms with Gasteiger partial charge in [-0.05, 0) is 11.3 Å². The standard InChI is InChI=1S/C7H15ClO2S/c1-6(7(2,3)4)5-11(8,9)10/h6H,5H2,1-4H3/t6-/m0/s1. The van der Waals surface area contributed by atoms with Crippen LogP contribution in [0.25, 0.3) is 0 Å². The van der Waals surface area contributed by atoms with E-state index in [1.165, 1.54) is 0 Å². The lowest BCUT2D eigenvalue weighted by Gasteiger charge is -2.25. The third-order valence-corrected chi connectivity index (χ3v) is 3.20. The first kappa shape index (κ1) is 11.2. The Morgan fingerprint density at radius 2 is 1.73 bits per heavy atom. The fourth-order valence-electron chi connectivity index (χ4n) is 0.549. The third-order valence-electron chi connectivity index (χ3n) is 1.93. The molecule has 0 spiro atoms. The molecule has 0 aliphatic carbocycles. The van der Waals surface area contributed by atoms with Crippen LogP contribution in [0.4, 0.5) is 0 Å². The van der Waals surface area contributed by atoms with Crippen molar-refractivity contribution in [2.24, 2.45) is 11.3 Å². The molecule has 0 saturated carbocycles. The van der Waals surface area contributed by atoms with Gasteiger partial charge in [-0.15, -0.1) is 0 Å². The second kappa shape index (κ2) is 3.31. The van der Waals surface area contributed by atoms with Crippen molar-refractivity contribution in [2.75, 3.05) is 5.75 Å². The van der Waals surface area contributed by atoms with E-state index in [1.807, 2.05) is 27.7 Å². The molecule has 0 radical (unpaired) electrons. The maximum absolute atomic E-state index is 10.7. The Labute approximate surface area is 73.4 Å². The van der Waals surface area contributed by atoms with Crippen LogP contribution < -0.4 is 0 Å². The van der Waals surface area contributed by atoms with E-state index in [2.05, 4.69) is 0 Å². The van der Waals surface area contributed by atoms with Gasteiger partial charge in [-0.3, -0.25) is 0 Å². The van der Waals surface area contributed by atoms with Crippen LogP contribution in [0.1, 0.15) is 27.7 Å². The van der Waals surface area contributed by atoms with Crippen molar-refractivity contribution < 1.29 is 8.42 Å². The average Bonchev–Trinajstić information content (AvgIpc) is 1.56. The summed E-state index contributed by atoms with van der Waals surface area (Å²) >= 11 is 0. The Morgan fingerprint density at radius 3 is 1.82 bits per heavy atom. The van der Waals surface area contributed by atoms with Crippen LogP contribution in [0.5, 0.6) is 0 Å². The first-order valence-electron chi connectivity index (χ1n) is 3.55. The zero-order chi connectivity index (χ0) is 9.28. The Morgan fingerprint density at radius 1 is 1.36 bits per heavy atom. The van der Waals surface area contributed by atoms with Gasteiger partial charge in [0.25, 0.3) is 0 Å². The van der Waals surface area contributed by atoms with Crippen LogP contribution in [0, 0.1) is 11.3 Å². The Bertz CT molecular complexity index is 213. The summed E-state index contributed by atoms with van der Waals surface area (Å²) in [5, 5.41) is 0. The van der Waals surface area contributed by atoms with E-state index in [0.717, 1.165) is 0 Å². The van der Waals surface area contributed by atoms with E-state index in [-0.39, 0.29) is 17.1 Å². The molecule has 0 unspecified atom stereocenters. The monoisotopic (exact) mass is 198 g/mol. The summed E-state index contributed by atoms with van der Waals surface area (Å²) in [6, 6.07) is 0. The normalized spacial score (nSPS) is 16.5. The van der Waals surface area contributed by atoms with Crippen molar-refractivity contribution in [3.05, 3.63) is 0 Å². The van der Waals surface area contributed by atoms with Crippen molar-refractivity contribution in [3.63, 3.8) is 0 Å². The molecule has 1 atom stereocenters. The van der Waals surface area contributed by atoms with Crippen LogP contribution in [0.15, 0.2) is 0 Å². The van der Waals surface area contributed by atoms with E-state index in [1.54, 1.807) is 0 Å². The molecule has 0 saturated heterocycles. The Kier molecular flexibility index (Phi) is 3.39. The van der Waals surface area contributed by atoms with Crippen molar-refractivity contribution >= 4 is 19.7 Å². The molecule has 0 aliphatic heterocycles. The van der Waals surface area contributed by atoms with Crippen molar-refractivity contribution in [3.8, 4) is 0 Å². The van der Waals surface area contributed by atoms with Gasteiger partial charge in [0.05, 0.1) is 5.75 Å². The van der Waals surface area contributed by atoms with Gasteiger partial charge in [-0.1, -0.05) is 27.7 Å². The Balaban J connectivity index is 4.21. The molecular formula is C7H15ClO2S. The molecule has 0 aliphatic rings. The van der Waals surface area contributed by atoms with Crippen LogP contribution >= 0.6 is 10.7 Å². The summed E-state index contributed by atoms with van der Waals surface area (Å²) in [6.07, 6.45) is 0. The minimum absolute atomic E-state index is 0.00194. The van der Waals surface area contributed by atoms with Crippen LogP contribution in [0.3, 0.4) is 0 Å². The van der Waals surface area contributed by atoms with Gasteiger partial charge in [0, 0.05) is 10.7 Å². The largest absolute Gasteiger partial charge is 0.232 e. The van der Waals surface area contributed by atoms with Gasteiger partial charge in [0.1, 0.15) is 0 Å². The van der Waals surface area contributed by atoms with Gasteiger partial charge in [-0.25, -0.2) is 8.42 Å². The average molecular weight is 199 g/mol. The second-order valence-electron chi connectivity index (χ2n) is 3.97. The predicted molar refractivity (Wildman–Crippen MR) is 48.3 cm³/mol. The van der Waals surface area contributed by atoms with Gasteiger partial charge < -0.3 is 0 Å². The zero-order valence-electron chi connectivity index (χ0n) is 7.39. The van der Waals surface area contributed by atoms with Crippen molar-refractivity contribution in [2.45, 2.75) is 27.7 Å².